The second-order valence-corrected chi connectivity index (χ2v) is 24.3. The molecule has 0 unspecified atom stereocenters. The highest BCUT2D eigenvalue weighted by molar-refractivity contribution is 7.12. The summed E-state index contributed by atoms with van der Waals surface area (Å²) < 4.78 is 20.1. The van der Waals surface area contributed by atoms with Crippen LogP contribution in [-0.4, -0.2) is 157 Å². The minimum absolute atomic E-state index is 0. The van der Waals surface area contributed by atoms with Gasteiger partial charge < -0.3 is 56.7 Å². The van der Waals surface area contributed by atoms with Crippen molar-refractivity contribution in [2.45, 2.75) is 48.7 Å². The Morgan fingerprint density at radius 1 is 0.549 bits per heavy atom. The van der Waals surface area contributed by atoms with Gasteiger partial charge in [-0.25, -0.2) is 9.78 Å². The minimum atomic E-state index is -0.659. The molecule has 10 heterocycles. The first-order valence-electron chi connectivity index (χ1n) is 32.0. The predicted octanol–water partition coefficient (Wildman–Crippen LogP) is 10.7. The molecule has 0 radical (unpaired) electrons. The first kappa shape index (κ1) is 74.2. The molecule has 4 aromatic carbocycles. The molecule has 3 amide bonds. The largest absolute Gasteiger partial charge is 0.472 e. The second kappa shape index (κ2) is 33.2. The summed E-state index contributed by atoms with van der Waals surface area (Å²) in [5.74, 6) is -0.816. The van der Waals surface area contributed by atoms with E-state index in [0.29, 0.717) is 141 Å². The number of fused-ring (bicyclic) bond motifs is 3. The third-order valence-electron chi connectivity index (χ3n) is 17.6. The monoisotopic (exact) mass is 1410 g/mol. The van der Waals surface area contributed by atoms with Gasteiger partial charge >= 0.3 is 28.5 Å². The van der Waals surface area contributed by atoms with Gasteiger partial charge in [0.1, 0.15) is 22.6 Å². The van der Waals surface area contributed by atoms with E-state index in [9.17, 15) is 53.8 Å². The van der Waals surface area contributed by atoms with Gasteiger partial charge in [0.15, 0.2) is 5.76 Å². The van der Waals surface area contributed by atoms with Gasteiger partial charge in [-0.15, -0.1) is 11.3 Å². The summed E-state index contributed by atoms with van der Waals surface area (Å²) in [5, 5.41) is 27.9. The van der Waals surface area contributed by atoms with Crippen molar-refractivity contribution in [3.63, 3.8) is 0 Å². The van der Waals surface area contributed by atoms with Crippen LogP contribution in [0.1, 0.15) is 81.4 Å². The fraction of sp³-hybridized carbons (Fsp3) is 0.284. The first-order valence-corrected chi connectivity index (χ1v) is 32.9. The number of para-hydroxylation sites is 3. The van der Waals surface area contributed by atoms with E-state index < -0.39 is 43.9 Å². The van der Waals surface area contributed by atoms with Crippen molar-refractivity contribution in [3.05, 3.63) is 261 Å². The van der Waals surface area contributed by atoms with Crippen LogP contribution in [0.4, 0.5) is 28.4 Å². The van der Waals surface area contributed by atoms with Gasteiger partial charge in [-0.3, -0.25) is 54.0 Å². The zero-order chi connectivity index (χ0) is 69.3. The molecule has 3 aliphatic heterocycles. The Hall–Kier alpha value is -12.1. The van der Waals surface area contributed by atoms with E-state index in [0.717, 1.165) is 16.5 Å². The molecule has 14 rings (SSSR count). The summed E-state index contributed by atoms with van der Waals surface area (Å²) in [4.78, 5) is 133. The maximum Gasteiger partial charge on any atom is 0.357 e. The van der Waals surface area contributed by atoms with E-state index in [1.54, 1.807) is 87.2 Å². The lowest BCUT2D eigenvalue weighted by Gasteiger charge is -2.37. The molecule has 3 fully saturated rings. The number of rotatable bonds is 15. The highest BCUT2D eigenvalue weighted by Gasteiger charge is 2.36. The molecule has 0 aliphatic carbocycles. The zero-order valence-corrected chi connectivity index (χ0v) is 54.8. The van der Waals surface area contributed by atoms with Crippen molar-refractivity contribution in [1.29, 1.82) is 0 Å². The number of nitro groups is 2. The lowest BCUT2D eigenvalue weighted by Crippen LogP contribution is -2.49. The second-order valence-electron chi connectivity index (χ2n) is 23.4. The number of aryl methyl sites for hydroxylation is 3. The SMILES string of the molecule is C.C.C.CCOC(=O)c1c(N2CCN(C(=O)c3ccco3)CC2)c2ccccc2n(Cc2ccoc2)c1=O.Cn1c(=O)c([N+](=O)[O-])c(N2CCN(C(=O)c3cnccn3)CC2)c2ccccc21.O=C(c1cccs1)N1CCN(c2c([N+](=O)[O-])c(=O)n(CCc3ccccc3)c3ccccc23)CC1. The Kier molecular flexibility index (Phi) is 24.1. The summed E-state index contributed by atoms with van der Waals surface area (Å²) in [6, 6.07) is 40.5. The fourth-order valence-electron chi connectivity index (χ4n) is 12.8. The van der Waals surface area contributed by atoms with Gasteiger partial charge in [-0.1, -0.05) is 113 Å². The average molecular weight is 1410 g/mol. The lowest BCUT2D eigenvalue weighted by atomic mass is 10.1. The molecule has 0 spiro atoms. The number of pyridine rings is 3. The number of aromatic nitrogens is 5. The number of benzene rings is 4. The molecule has 102 heavy (non-hydrogen) atoms. The van der Waals surface area contributed by atoms with E-state index in [1.165, 1.54) is 52.4 Å². The molecule has 0 atom stereocenters. The van der Waals surface area contributed by atoms with E-state index in [2.05, 4.69) is 9.97 Å². The third-order valence-corrected chi connectivity index (χ3v) is 18.5. The highest BCUT2D eigenvalue weighted by atomic mass is 32.1. The number of thiophene rings is 1. The number of carbonyl (C=O) groups excluding carboxylic acids is 4. The molecule has 28 heteroatoms. The zero-order valence-electron chi connectivity index (χ0n) is 54.0. The van der Waals surface area contributed by atoms with Crippen molar-refractivity contribution in [3.8, 4) is 0 Å². The van der Waals surface area contributed by atoms with Crippen LogP contribution < -0.4 is 31.4 Å². The Morgan fingerprint density at radius 3 is 1.61 bits per heavy atom. The Bertz CT molecular complexity index is 4970. The molecule has 11 aromatic rings. The van der Waals surface area contributed by atoms with Crippen LogP contribution in [0, 0.1) is 20.2 Å². The maximum atomic E-state index is 13.7. The summed E-state index contributed by atoms with van der Waals surface area (Å²) in [7, 11) is 1.53. The fourth-order valence-corrected chi connectivity index (χ4v) is 13.5. The van der Waals surface area contributed by atoms with Crippen LogP contribution in [0.3, 0.4) is 0 Å². The molecule has 3 saturated heterocycles. The van der Waals surface area contributed by atoms with Gasteiger partial charge in [0.25, 0.3) is 23.3 Å². The quantitative estimate of drug-likeness (QED) is 0.0523. The number of carbonyl (C=O) groups is 4. The van der Waals surface area contributed by atoms with Crippen LogP contribution in [-0.2, 0) is 31.3 Å². The summed E-state index contributed by atoms with van der Waals surface area (Å²) in [5.41, 5.74) is 2.78. The van der Waals surface area contributed by atoms with Gasteiger partial charge in [0.2, 0.25) is 0 Å². The normalized spacial score (nSPS) is 13.5. The van der Waals surface area contributed by atoms with E-state index >= 15 is 0 Å². The van der Waals surface area contributed by atoms with Crippen molar-refractivity contribution in [1.82, 2.24) is 38.4 Å². The number of anilines is 3. The summed E-state index contributed by atoms with van der Waals surface area (Å²) >= 11 is 1.40. The molecule has 0 bridgehead atoms. The molecule has 27 nitrogen and oxygen atoms in total. The summed E-state index contributed by atoms with van der Waals surface area (Å²) in [6.07, 6.45) is 9.55. The first-order chi connectivity index (χ1) is 48.1. The molecular formula is C74H79N13O14S. The summed E-state index contributed by atoms with van der Waals surface area (Å²) in [6.45, 7) is 7.34. The number of hydrogen-bond acceptors (Lipinski definition) is 20. The van der Waals surface area contributed by atoms with Gasteiger partial charge in [-0.2, -0.15) is 0 Å². The number of piperazine rings is 3. The number of esters is 1. The van der Waals surface area contributed by atoms with Crippen LogP contribution >= 0.6 is 11.3 Å². The van der Waals surface area contributed by atoms with Crippen molar-refractivity contribution >= 4 is 96.2 Å². The van der Waals surface area contributed by atoms with Crippen LogP contribution in [0.2, 0.25) is 0 Å². The van der Waals surface area contributed by atoms with Crippen LogP contribution in [0.15, 0.2) is 199 Å². The maximum absolute atomic E-state index is 13.7. The minimum Gasteiger partial charge on any atom is -0.472 e. The van der Waals surface area contributed by atoms with Crippen LogP contribution in [0.5, 0.6) is 0 Å². The molecular weight excluding hydrogens is 1330 g/mol. The van der Waals surface area contributed by atoms with E-state index in [1.807, 2.05) is 105 Å². The van der Waals surface area contributed by atoms with Crippen molar-refractivity contribution in [2.75, 3.05) is 99.8 Å². The average Bonchev–Trinajstić information content (AvgIpc) is 1.01. The number of furan rings is 2. The predicted molar refractivity (Wildman–Crippen MR) is 392 cm³/mol. The number of ether oxygens (including phenoxy) is 1. The molecule has 3 aliphatic rings. The van der Waals surface area contributed by atoms with Gasteiger partial charge in [-0.05, 0) is 66.8 Å². The third kappa shape index (κ3) is 15.4. The Labute approximate surface area is 590 Å². The standard InChI is InChI=1S/C26H24N4O4S.C26H25N3O6.C19H18N6O4.3CH4/c31-25(22-11-6-18-35-22)28-16-14-27(15-17-28)23-20-9-4-5-10-21(20)29(26(32)24(23)30(33)34)13-12-19-7-2-1-3-8-19;1-2-34-26(32)22-23(27-10-12-28(13-11-27)24(30)21-8-5-14-35-21)19-6-3-4-7-20(19)29(25(22)31)16-18-9-15-33-17-18;1-22-15-5-3-2-4-13(15)16(17(19(22)27)25(28)29)23-8-10-24(11-9-23)18(26)14-12-20-6-7-21-14;;;/h1-11,18H,12-17H2;3-9,14-15,17H,2,10-13,16H2,1H3;2-7,12H,8-11H2,1H3;3*1H4. The smallest absolute Gasteiger partial charge is 0.357 e. The van der Waals surface area contributed by atoms with E-state index in [4.69, 9.17) is 13.6 Å². The van der Waals surface area contributed by atoms with Gasteiger partial charge in [0, 0.05) is 126 Å². The Morgan fingerprint density at radius 2 is 1.08 bits per heavy atom. The van der Waals surface area contributed by atoms with Gasteiger partial charge in [0.05, 0.1) is 75.1 Å². The number of nitrogens with zero attached hydrogens (tertiary/aromatic N) is 13. The van der Waals surface area contributed by atoms with Crippen molar-refractivity contribution in [2.24, 2.45) is 7.05 Å². The highest BCUT2D eigenvalue weighted by Crippen LogP contribution is 2.37. The van der Waals surface area contributed by atoms with Crippen LogP contribution in [0.25, 0.3) is 32.7 Å². The molecule has 530 valence electrons. The number of amides is 3. The molecule has 0 saturated carbocycles. The molecule has 7 aromatic heterocycles. The lowest BCUT2D eigenvalue weighted by molar-refractivity contribution is -0.385. The van der Waals surface area contributed by atoms with E-state index in [-0.39, 0.29) is 70.2 Å². The van der Waals surface area contributed by atoms with Crippen molar-refractivity contribution < 1.29 is 42.6 Å². The molecule has 0 N–H and O–H groups in total. The topological polar surface area (TPSA) is 301 Å². The number of hydrogen-bond donors (Lipinski definition) is 0. The Balaban J connectivity index is 0.000000176.